The van der Waals surface area contributed by atoms with Gasteiger partial charge in [0, 0.05) is 4.47 Å². The van der Waals surface area contributed by atoms with Gasteiger partial charge >= 0.3 is 0 Å². The van der Waals surface area contributed by atoms with E-state index in [1.807, 2.05) is 0 Å². The van der Waals surface area contributed by atoms with E-state index >= 15 is 0 Å². The number of aliphatic hydroxyl groups is 1. The third-order valence-electron chi connectivity index (χ3n) is 3.71. The van der Waals surface area contributed by atoms with Crippen LogP contribution in [-0.4, -0.2) is 34.6 Å². The van der Waals surface area contributed by atoms with Crippen LogP contribution < -0.4 is 0 Å². The zero-order valence-electron chi connectivity index (χ0n) is 9.70. The van der Waals surface area contributed by atoms with Gasteiger partial charge in [-0.25, -0.2) is 0 Å². The summed E-state index contributed by atoms with van der Waals surface area (Å²) in [5.41, 5.74) is -0.155. The smallest absolute Gasteiger partial charge is 0.255 e. The van der Waals surface area contributed by atoms with Crippen molar-refractivity contribution in [3.63, 3.8) is 0 Å². The molecule has 1 saturated heterocycles. The molecule has 5 heteroatoms. The largest absolute Gasteiger partial charge is 0.386 e. The van der Waals surface area contributed by atoms with Gasteiger partial charge in [-0.1, -0.05) is 27.5 Å². The lowest BCUT2D eigenvalue weighted by molar-refractivity contribution is -0.0958. The van der Waals surface area contributed by atoms with Crippen molar-refractivity contribution >= 4 is 33.4 Å². The van der Waals surface area contributed by atoms with E-state index in [0.29, 0.717) is 29.6 Å². The topological polar surface area (TPSA) is 40.5 Å². The van der Waals surface area contributed by atoms with Crippen LogP contribution in [0, 0.1) is 5.92 Å². The van der Waals surface area contributed by atoms with Crippen LogP contribution in [0.5, 0.6) is 0 Å². The van der Waals surface area contributed by atoms with Gasteiger partial charge < -0.3 is 10.0 Å². The summed E-state index contributed by atoms with van der Waals surface area (Å²) < 4.78 is 0.827. The van der Waals surface area contributed by atoms with E-state index in [1.54, 1.807) is 23.1 Å². The van der Waals surface area contributed by atoms with Gasteiger partial charge in [0.25, 0.3) is 5.91 Å². The Labute approximate surface area is 119 Å². The maximum Gasteiger partial charge on any atom is 0.255 e. The number of benzene rings is 1. The number of likely N-dealkylation sites (tertiary alicyclic amines) is 1. The molecule has 96 valence electrons. The minimum Gasteiger partial charge on any atom is -0.386 e. The second kappa shape index (κ2) is 4.22. The fraction of sp³-hybridized carbons (Fsp3) is 0.462. The zero-order valence-corrected chi connectivity index (χ0v) is 12.0. The van der Waals surface area contributed by atoms with Gasteiger partial charge in [0.1, 0.15) is 5.60 Å². The number of nitrogens with zero attached hydrogens (tertiary/aromatic N) is 1. The normalized spacial score (nSPS) is 21.6. The number of rotatable bonds is 2. The van der Waals surface area contributed by atoms with Crippen LogP contribution in [0.1, 0.15) is 23.2 Å². The molecule has 2 aliphatic rings. The van der Waals surface area contributed by atoms with Crippen LogP contribution in [0.25, 0.3) is 0 Å². The Balaban J connectivity index is 1.74. The standard InChI is InChI=1S/C13H13BrClNO2/c14-9-3-4-11(15)10(5-9)12(17)16-6-13(18,7-16)8-1-2-8/h3-5,8,18H,1-2,6-7H2. The highest BCUT2D eigenvalue weighted by Gasteiger charge is 2.53. The molecule has 0 unspecified atom stereocenters. The van der Waals surface area contributed by atoms with Gasteiger partial charge in [0.05, 0.1) is 23.7 Å². The molecular weight excluding hydrogens is 318 g/mol. The molecule has 3 rings (SSSR count). The first-order valence-corrected chi connectivity index (χ1v) is 7.13. The summed E-state index contributed by atoms with van der Waals surface area (Å²) >= 11 is 9.36. The molecule has 18 heavy (non-hydrogen) atoms. The molecule has 0 bridgehead atoms. The molecule has 2 fully saturated rings. The van der Waals surface area contributed by atoms with Gasteiger partial charge in [-0.2, -0.15) is 0 Å². The molecule has 1 aliphatic heterocycles. The molecule has 1 amide bonds. The monoisotopic (exact) mass is 329 g/mol. The molecule has 0 atom stereocenters. The van der Waals surface area contributed by atoms with Gasteiger partial charge in [-0.3, -0.25) is 4.79 Å². The van der Waals surface area contributed by atoms with Crippen LogP contribution in [0.4, 0.5) is 0 Å². The quantitative estimate of drug-likeness (QED) is 0.906. The van der Waals surface area contributed by atoms with Crippen molar-refractivity contribution in [1.82, 2.24) is 4.90 Å². The van der Waals surface area contributed by atoms with E-state index < -0.39 is 5.60 Å². The molecule has 1 heterocycles. The highest BCUT2D eigenvalue weighted by Crippen LogP contribution is 2.45. The van der Waals surface area contributed by atoms with Gasteiger partial charge in [0.15, 0.2) is 0 Å². The van der Waals surface area contributed by atoms with E-state index in [0.717, 1.165) is 17.3 Å². The van der Waals surface area contributed by atoms with Crippen LogP contribution in [0.2, 0.25) is 5.02 Å². The maximum atomic E-state index is 12.2. The van der Waals surface area contributed by atoms with Crippen molar-refractivity contribution < 1.29 is 9.90 Å². The molecule has 0 aromatic heterocycles. The van der Waals surface area contributed by atoms with Crippen LogP contribution in [0.15, 0.2) is 22.7 Å². The Morgan fingerprint density at radius 2 is 2.11 bits per heavy atom. The van der Waals surface area contributed by atoms with Crippen molar-refractivity contribution in [2.24, 2.45) is 5.92 Å². The van der Waals surface area contributed by atoms with E-state index in [-0.39, 0.29) is 5.91 Å². The molecule has 0 radical (unpaired) electrons. The lowest BCUT2D eigenvalue weighted by Gasteiger charge is -2.47. The summed E-state index contributed by atoms with van der Waals surface area (Å²) in [4.78, 5) is 13.9. The predicted molar refractivity (Wildman–Crippen MR) is 72.7 cm³/mol. The molecule has 0 spiro atoms. The van der Waals surface area contributed by atoms with Gasteiger partial charge in [-0.15, -0.1) is 0 Å². The minimum absolute atomic E-state index is 0.105. The van der Waals surface area contributed by atoms with Crippen molar-refractivity contribution in [3.8, 4) is 0 Å². The third-order valence-corrected chi connectivity index (χ3v) is 4.54. The summed E-state index contributed by atoms with van der Waals surface area (Å²) in [6.45, 7) is 0.860. The second-order valence-electron chi connectivity index (χ2n) is 5.16. The average molecular weight is 331 g/mol. The Bertz CT molecular complexity index is 510. The predicted octanol–water partition coefficient (Wildman–Crippen LogP) is 2.70. The van der Waals surface area contributed by atoms with Crippen LogP contribution in [0.3, 0.4) is 0 Å². The molecule has 1 saturated carbocycles. The van der Waals surface area contributed by atoms with Crippen molar-refractivity contribution in [1.29, 1.82) is 0 Å². The molecular formula is C13H13BrClNO2. The fourth-order valence-corrected chi connectivity index (χ4v) is 3.03. The minimum atomic E-state index is -0.645. The SMILES string of the molecule is O=C(c1cc(Br)ccc1Cl)N1CC(O)(C2CC2)C1. The molecule has 1 aromatic rings. The molecule has 1 aromatic carbocycles. The number of hydrogen-bond acceptors (Lipinski definition) is 2. The highest BCUT2D eigenvalue weighted by molar-refractivity contribution is 9.10. The Kier molecular flexibility index (Phi) is 2.92. The lowest BCUT2D eigenvalue weighted by atomic mass is 9.88. The third kappa shape index (κ3) is 2.06. The van der Waals surface area contributed by atoms with Crippen LogP contribution in [-0.2, 0) is 0 Å². The maximum absolute atomic E-state index is 12.2. The molecule has 3 nitrogen and oxygen atoms in total. The number of amides is 1. The summed E-state index contributed by atoms with van der Waals surface area (Å²) in [6, 6.07) is 5.22. The van der Waals surface area contributed by atoms with E-state index in [9.17, 15) is 9.90 Å². The number of carbonyl (C=O) groups excluding carboxylic acids is 1. The lowest BCUT2D eigenvalue weighted by Crippen LogP contribution is -2.64. The average Bonchev–Trinajstić information content (AvgIpc) is 3.11. The van der Waals surface area contributed by atoms with Crippen LogP contribution >= 0.6 is 27.5 Å². The Morgan fingerprint density at radius 3 is 2.72 bits per heavy atom. The highest BCUT2D eigenvalue weighted by atomic mass is 79.9. The van der Waals surface area contributed by atoms with Gasteiger partial charge in [-0.05, 0) is 37.0 Å². The van der Waals surface area contributed by atoms with Crippen molar-refractivity contribution in [3.05, 3.63) is 33.3 Å². The van der Waals surface area contributed by atoms with E-state index in [4.69, 9.17) is 11.6 Å². The Hall–Kier alpha value is -0.580. The second-order valence-corrected chi connectivity index (χ2v) is 6.49. The van der Waals surface area contributed by atoms with Crippen molar-refractivity contribution in [2.75, 3.05) is 13.1 Å². The zero-order chi connectivity index (χ0) is 12.9. The Morgan fingerprint density at radius 1 is 1.44 bits per heavy atom. The van der Waals surface area contributed by atoms with E-state index in [2.05, 4.69) is 15.9 Å². The summed E-state index contributed by atoms with van der Waals surface area (Å²) in [5.74, 6) is 0.283. The van der Waals surface area contributed by atoms with E-state index in [1.165, 1.54) is 0 Å². The van der Waals surface area contributed by atoms with Crippen molar-refractivity contribution in [2.45, 2.75) is 18.4 Å². The molecule has 1 aliphatic carbocycles. The first-order chi connectivity index (χ1) is 8.49. The molecule has 1 N–H and O–H groups in total. The fourth-order valence-electron chi connectivity index (χ4n) is 2.47. The summed E-state index contributed by atoms with van der Waals surface area (Å²) in [6.07, 6.45) is 2.16. The number of carbonyl (C=O) groups is 1. The number of β-amino-alcohol motifs (C(OH)–C–C–N with tert-alkyl or cyclic N) is 1. The number of halogens is 2. The van der Waals surface area contributed by atoms with Gasteiger partial charge in [0.2, 0.25) is 0 Å². The summed E-state index contributed by atoms with van der Waals surface area (Å²) in [7, 11) is 0. The first kappa shape index (κ1) is 12.5. The first-order valence-electron chi connectivity index (χ1n) is 5.96. The summed E-state index contributed by atoms with van der Waals surface area (Å²) in [5, 5.41) is 10.7. The number of hydrogen-bond donors (Lipinski definition) is 1.